The van der Waals surface area contributed by atoms with Crippen molar-refractivity contribution in [3.05, 3.63) is 59.4 Å². The van der Waals surface area contributed by atoms with E-state index < -0.39 is 10.0 Å². The van der Waals surface area contributed by atoms with Crippen LogP contribution in [0.3, 0.4) is 0 Å². The van der Waals surface area contributed by atoms with E-state index in [0.717, 1.165) is 22.6 Å². The van der Waals surface area contributed by atoms with E-state index in [9.17, 15) is 13.2 Å². The Hall–Kier alpha value is -2.38. The summed E-state index contributed by atoms with van der Waals surface area (Å²) in [7, 11) is -3.21. The number of piperidine rings is 1. The molecule has 7 heteroatoms. The molecule has 0 spiro atoms. The van der Waals surface area contributed by atoms with Gasteiger partial charge in [-0.3, -0.25) is 4.79 Å². The molecule has 1 aliphatic heterocycles. The number of rotatable bonds is 6. The van der Waals surface area contributed by atoms with Gasteiger partial charge in [0.05, 0.1) is 6.26 Å². The number of nitrogens with zero attached hydrogens (tertiary/aromatic N) is 3. The number of hydrogen-bond donors (Lipinski definition) is 0. The van der Waals surface area contributed by atoms with Crippen molar-refractivity contribution in [2.45, 2.75) is 39.7 Å². The normalized spacial score (nSPS) is 16.0. The maximum Gasteiger partial charge on any atom is 0.246 e. The SMILES string of the molecule is CCN(C1CCN(C(=O)/C=C/c2cc(C)n(-c3ccccc3)c2C)CC1)S(C)(=O)=O. The number of amides is 1. The minimum Gasteiger partial charge on any atom is -0.339 e. The Morgan fingerprint density at radius 1 is 1.17 bits per heavy atom. The van der Waals surface area contributed by atoms with Crippen molar-refractivity contribution in [2.75, 3.05) is 25.9 Å². The first-order valence-corrected chi connectivity index (χ1v) is 12.3. The molecule has 0 atom stereocenters. The molecule has 2 aromatic rings. The van der Waals surface area contributed by atoms with Crippen LogP contribution in [0.4, 0.5) is 0 Å². The number of aromatic nitrogens is 1. The van der Waals surface area contributed by atoms with Crippen LogP contribution in [0, 0.1) is 13.8 Å². The molecule has 0 saturated carbocycles. The third-order valence-corrected chi connectivity index (χ3v) is 7.22. The van der Waals surface area contributed by atoms with Gasteiger partial charge in [-0.2, -0.15) is 4.31 Å². The van der Waals surface area contributed by atoms with E-state index in [1.165, 1.54) is 6.26 Å². The van der Waals surface area contributed by atoms with Crippen molar-refractivity contribution in [3.8, 4) is 5.69 Å². The molecule has 0 aliphatic carbocycles. The summed E-state index contributed by atoms with van der Waals surface area (Å²) in [4.78, 5) is 14.5. The summed E-state index contributed by atoms with van der Waals surface area (Å²) in [5, 5.41) is 0. The Bertz CT molecular complexity index is 1020. The number of carbonyl (C=O) groups is 1. The van der Waals surface area contributed by atoms with Crippen LogP contribution in [0.15, 0.2) is 42.5 Å². The Morgan fingerprint density at radius 2 is 1.80 bits per heavy atom. The summed E-state index contributed by atoms with van der Waals surface area (Å²) >= 11 is 0. The van der Waals surface area contributed by atoms with Gasteiger partial charge in [0, 0.05) is 48.8 Å². The first-order valence-electron chi connectivity index (χ1n) is 10.4. The number of hydrogen-bond acceptors (Lipinski definition) is 3. The van der Waals surface area contributed by atoms with E-state index >= 15 is 0 Å². The molecule has 2 heterocycles. The van der Waals surface area contributed by atoms with E-state index in [0.29, 0.717) is 32.5 Å². The first-order chi connectivity index (χ1) is 14.2. The van der Waals surface area contributed by atoms with E-state index in [1.807, 2.05) is 31.2 Å². The van der Waals surface area contributed by atoms with Crippen LogP contribution >= 0.6 is 0 Å². The fraction of sp³-hybridized carbons (Fsp3) is 0.435. The topological polar surface area (TPSA) is 62.6 Å². The number of para-hydroxylation sites is 1. The van der Waals surface area contributed by atoms with Crippen LogP contribution < -0.4 is 0 Å². The summed E-state index contributed by atoms with van der Waals surface area (Å²) < 4.78 is 27.6. The van der Waals surface area contributed by atoms with Crippen molar-refractivity contribution in [3.63, 3.8) is 0 Å². The van der Waals surface area contributed by atoms with E-state index in [2.05, 4.69) is 36.6 Å². The van der Waals surface area contributed by atoms with Crippen LogP contribution in [-0.4, -0.2) is 60.0 Å². The first kappa shape index (κ1) is 22.3. The second-order valence-corrected chi connectivity index (χ2v) is 9.79. The molecule has 30 heavy (non-hydrogen) atoms. The molecule has 6 nitrogen and oxygen atoms in total. The maximum atomic E-state index is 12.7. The van der Waals surface area contributed by atoms with E-state index in [4.69, 9.17) is 0 Å². The number of benzene rings is 1. The lowest BCUT2D eigenvalue weighted by molar-refractivity contribution is -0.127. The van der Waals surface area contributed by atoms with Crippen LogP contribution in [0.5, 0.6) is 0 Å². The van der Waals surface area contributed by atoms with Gasteiger partial charge in [0.15, 0.2) is 0 Å². The van der Waals surface area contributed by atoms with Crippen molar-refractivity contribution in [2.24, 2.45) is 0 Å². The third-order valence-electron chi connectivity index (χ3n) is 5.81. The van der Waals surface area contributed by atoms with Crippen LogP contribution in [0.25, 0.3) is 11.8 Å². The van der Waals surface area contributed by atoms with Gasteiger partial charge in [-0.25, -0.2) is 8.42 Å². The number of sulfonamides is 1. The van der Waals surface area contributed by atoms with Crippen molar-refractivity contribution >= 4 is 22.0 Å². The average Bonchev–Trinajstić information content (AvgIpc) is 3.00. The molecule has 0 bridgehead atoms. The van der Waals surface area contributed by atoms with Gasteiger partial charge < -0.3 is 9.47 Å². The largest absolute Gasteiger partial charge is 0.339 e. The van der Waals surface area contributed by atoms with Gasteiger partial charge in [-0.05, 0) is 56.5 Å². The van der Waals surface area contributed by atoms with Gasteiger partial charge in [0.25, 0.3) is 0 Å². The molecule has 1 saturated heterocycles. The highest BCUT2D eigenvalue weighted by molar-refractivity contribution is 7.88. The van der Waals surface area contributed by atoms with Gasteiger partial charge in [0.2, 0.25) is 15.9 Å². The van der Waals surface area contributed by atoms with Crippen LogP contribution in [0.1, 0.15) is 36.7 Å². The third kappa shape index (κ3) is 4.84. The molecule has 0 N–H and O–H groups in total. The minimum absolute atomic E-state index is 0.0252. The molecule has 1 aromatic heterocycles. The zero-order chi connectivity index (χ0) is 21.9. The molecule has 0 unspecified atom stereocenters. The quantitative estimate of drug-likeness (QED) is 0.662. The van der Waals surface area contributed by atoms with Gasteiger partial charge in [-0.1, -0.05) is 25.1 Å². The summed E-state index contributed by atoms with van der Waals surface area (Å²) in [6.45, 7) is 7.58. The molecule has 1 aliphatic rings. The van der Waals surface area contributed by atoms with Crippen LogP contribution in [-0.2, 0) is 14.8 Å². The fourth-order valence-corrected chi connectivity index (χ4v) is 5.56. The van der Waals surface area contributed by atoms with Crippen LogP contribution in [0.2, 0.25) is 0 Å². The molecule has 0 radical (unpaired) electrons. The number of likely N-dealkylation sites (tertiary alicyclic amines) is 1. The zero-order valence-corrected chi connectivity index (χ0v) is 19.0. The zero-order valence-electron chi connectivity index (χ0n) is 18.2. The maximum absolute atomic E-state index is 12.7. The Balaban J connectivity index is 1.66. The minimum atomic E-state index is -3.21. The summed E-state index contributed by atoms with van der Waals surface area (Å²) in [6, 6.07) is 12.2. The predicted molar refractivity (Wildman–Crippen MR) is 121 cm³/mol. The Labute approximate surface area is 179 Å². The molecular weight excluding hydrogens is 398 g/mol. The van der Waals surface area contributed by atoms with E-state index in [1.54, 1.807) is 15.3 Å². The lowest BCUT2D eigenvalue weighted by Gasteiger charge is -2.36. The average molecular weight is 430 g/mol. The molecule has 1 fully saturated rings. The number of carbonyl (C=O) groups excluding carboxylic acids is 1. The second kappa shape index (κ2) is 9.18. The predicted octanol–water partition coefficient (Wildman–Crippen LogP) is 3.38. The lowest BCUT2D eigenvalue weighted by Crippen LogP contribution is -2.48. The lowest BCUT2D eigenvalue weighted by atomic mass is 10.0. The molecule has 3 rings (SSSR count). The van der Waals surface area contributed by atoms with Gasteiger partial charge >= 0.3 is 0 Å². The standard InChI is InChI=1S/C23H31N3O3S/c1-5-25(30(4,28)29)21-13-15-24(16-14-21)23(27)12-11-20-17-18(2)26(19(20)3)22-9-7-6-8-10-22/h6-12,17,21H,5,13-16H2,1-4H3/b12-11+. The van der Waals surface area contributed by atoms with Crippen molar-refractivity contribution in [1.82, 2.24) is 13.8 Å². The van der Waals surface area contributed by atoms with Gasteiger partial charge in [-0.15, -0.1) is 0 Å². The monoisotopic (exact) mass is 429 g/mol. The summed E-state index contributed by atoms with van der Waals surface area (Å²) in [6.07, 6.45) is 6.10. The Morgan fingerprint density at radius 3 is 2.37 bits per heavy atom. The highest BCUT2D eigenvalue weighted by Crippen LogP contribution is 2.23. The number of aryl methyl sites for hydroxylation is 1. The van der Waals surface area contributed by atoms with Gasteiger partial charge in [0.1, 0.15) is 0 Å². The highest BCUT2D eigenvalue weighted by atomic mass is 32.2. The van der Waals surface area contributed by atoms with Crippen molar-refractivity contribution < 1.29 is 13.2 Å². The second-order valence-electron chi connectivity index (χ2n) is 7.85. The van der Waals surface area contributed by atoms with Crippen molar-refractivity contribution in [1.29, 1.82) is 0 Å². The highest BCUT2D eigenvalue weighted by Gasteiger charge is 2.30. The molecule has 1 aromatic carbocycles. The summed E-state index contributed by atoms with van der Waals surface area (Å²) in [5.74, 6) is -0.0274. The smallest absolute Gasteiger partial charge is 0.246 e. The molecule has 1 amide bonds. The summed E-state index contributed by atoms with van der Waals surface area (Å²) in [5.41, 5.74) is 4.33. The molecular formula is C23H31N3O3S. The fourth-order valence-electron chi connectivity index (χ4n) is 4.33. The van der Waals surface area contributed by atoms with E-state index in [-0.39, 0.29) is 11.9 Å². The molecule has 162 valence electrons. The Kier molecular flexibility index (Phi) is 6.83.